The number of fused-ring (bicyclic) bond motifs is 3. The van der Waals surface area contributed by atoms with E-state index < -0.39 is 5.60 Å². The second kappa shape index (κ2) is 5.05. The van der Waals surface area contributed by atoms with Crippen molar-refractivity contribution in [3.05, 3.63) is 0 Å². The van der Waals surface area contributed by atoms with Crippen molar-refractivity contribution in [1.29, 1.82) is 0 Å². The van der Waals surface area contributed by atoms with Gasteiger partial charge in [-0.1, -0.05) is 13.8 Å². The van der Waals surface area contributed by atoms with Gasteiger partial charge >= 0.3 is 0 Å². The molecule has 0 aromatic heterocycles. The van der Waals surface area contributed by atoms with Crippen LogP contribution in [0, 0.1) is 34.0 Å². The highest BCUT2D eigenvalue weighted by Gasteiger charge is 2.68. The van der Waals surface area contributed by atoms with Gasteiger partial charge in [-0.2, -0.15) is 0 Å². The molecule has 0 saturated heterocycles. The van der Waals surface area contributed by atoms with Gasteiger partial charge in [-0.25, -0.2) is 0 Å². The highest BCUT2D eigenvalue weighted by atomic mass is 16.3. The Bertz CT molecular complexity index is 562. The van der Waals surface area contributed by atoms with Crippen molar-refractivity contribution in [3.63, 3.8) is 0 Å². The first-order chi connectivity index (χ1) is 11.2. The van der Waals surface area contributed by atoms with Gasteiger partial charge in [-0.3, -0.25) is 4.79 Å². The SMILES string of the molecule is CC1(CO)CC(=O)CC2(C)C1CCC13CC(CCC12)C(O)(CO)C3. The quantitative estimate of drug-likeness (QED) is 0.723. The molecule has 3 N–H and O–H groups in total. The summed E-state index contributed by atoms with van der Waals surface area (Å²) in [5, 5.41) is 30.8. The zero-order valence-electron chi connectivity index (χ0n) is 15.1. The molecule has 1 spiro atoms. The van der Waals surface area contributed by atoms with Crippen LogP contribution >= 0.6 is 0 Å². The van der Waals surface area contributed by atoms with E-state index in [1.54, 1.807) is 0 Å². The fourth-order valence-corrected chi connectivity index (χ4v) is 8.02. The Morgan fingerprint density at radius 3 is 2.46 bits per heavy atom. The molecule has 4 aliphatic carbocycles. The lowest BCUT2D eigenvalue weighted by Gasteiger charge is -2.63. The minimum Gasteiger partial charge on any atom is -0.396 e. The van der Waals surface area contributed by atoms with Crippen molar-refractivity contribution in [2.24, 2.45) is 34.0 Å². The Labute approximate surface area is 144 Å². The van der Waals surface area contributed by atoms with Crippen LogP contribution in [0.15, 0.2) is 0 Å². The third-order valence-corrected chi connectivity index (χ3v) is 8.79. The number of carbonyl (C=O) groups is 1. The van der Waals surface area contributed by atoms with Crippen molar-refractivity contribution in [3.8, 4) is 0 Å². The summed E-state index contributed by atoms with van der Waals surface area (Å²) < 4.78 is 0. The molecule has 0 aliphatic heterocycles. The molecule has 0 amide bonds. The third-order valence-electron chi connectivity index (χ3n) is 8.79. The first-order valence-electron chi connectivity index (χ1n) is 9.67. The molecule has 7 atom stereocenters. The molecule has 4 aliphatic rings. The van der Waals surface area contributed by atoms with Gasteiger partial charge < -0.3 is 15.3 Å². The lowest BCUT2D eigenvalue weighted by molar-refractivity contribution is -0.170. The summed E-state index contributed by atoms with van der Waals surface area (Å²) in [7, 11) is 0. The van der Waals surface area contributed by atoms with Crippen molar-refractivity contribution >= 4 is 5.78 Å². The van der Waals surface area contributed by atoms with E-state index in [9.17, 15) is 20.1 Å². The maximum Gasteiger partial charge on any atom is 0.134 e. The first-order valence-corrected chi connectivity index (χ1v) is 9.67. The zero-order valence-corrected chi connectivity index (χ0v) is 15.1. The smallest absolute Gasteiger partial charge is 0.134 e. The average Bonchev–Trinajstić information content (AvgIpc) is 2.73. The maximum atomic E-state index is 12.6. The Morgan fingerprint density at radius 1 is 1.04 bits per heavy atom. The van der Waals surface area contributed by atoms with Gasteiger partial charge in [0.25, 0.3) is 0 Å². The molecule has 0 heterocycles. The van der Waals surface area contributed by atoms with Gasteiger partial charge in [-0.05, 0) is 67.1 Å². The van der Waals surface area contributed by atoms with E-state index in [4.69, 9.17) is 0 Å². The fourth-order valence-electron chi connectivity index (χ4n) is 8.02. The zero-order chi connectivity index (χ0) is 17.4. The molecule has 2 bridgehead atoms. The first kappa shape index (κ1) is 17.0. The van der Waals surface area contributed by atoms with E-state index in [2.05, 4.69) is 13.8 Å². The number of ketones is 1. The topological polar surface area (TPSA) is 77.8 Å². The van der Waals surface area contributed by atoms with E-state index in [1.165, 1.54) is 0 Å². The second-order valence-corrected chi connectivity index (χ2v) is 10.1. The van der Waals surface area contributed by atoms with Gasteiger partial charge in [0.05, 0.1) is 12.2 Å². The van der Waals surface area contributed by atoms with Crippen LogP contribution in [0.2, 0.25) is 0 Å². The Hall–Kier alpha value is -0.450. The minimum atomic E-state index is -0.920. The molecule has 0 aromatic rings. The van der Waals surface area contributed by atoms with Crippen molar-refractivity contribution in [2.45, 2.75) is 70.8 Å². The summed E-state index contributed by atoms with van der Waals surface area (Å²) in [5.74, 6) is 1.31. The van der Waals surface area contributed by atoms with E-state index in [0.717, 1.165) is 32.1 Å². The second-order valence-electron chi connectivity index (χ2n) is 10.1. The van der Waals surface area contributed by atoms with E-state index in [-0.39, 0.29) is 35.4 Å². The number of carbonyl (C=O) groups excluding carboxylic acids is 1. The predicted molar refractivity (Wildman–Crippen MR) is 90.2 cm³/mol. The van der Waals surface area contributed by atoms with E-state index in [0.29, 0.717) is 36.9 Å². The number of Topliss-reactive ketones (excluding diaryl/α,β-unsaturated/α-hetero) is 1. The molecule has 4 nitrogen and oxygen atoms in total. The van der Waals surface area contributed by atoms with Crippen LogP contribution in [-0.2, 0) is 4.79 Å². The van der Waals surface area contributed by atoms with Crippen LogP contribution in [0.25, 0.3) is 0 Å². The van der Waals surface area contributed by atoms with Gasteiger partial charge in [0.15, 0.2) is 0 Å². The fraction of sp³-hybridized carbons (Fsp3) is 0.950. The van der Waals surface area contributed by atoms with Crippen molar-refractivity contribution < 1.29 is 20.1 Å². The summed E-state index contributed by atoms with van der Waals surface area (Å²) in [6, 6.07) is 0. The molecular weight excluding hydrogens is 304 g/mol. The third kappa shape index (κ3) is 1.99. The van der Waals surface area contributed by atoms with Crippen molar-refractivity contribution in [2.75, 3.05) is 13.2 Å². The number of hydrogen-bond acceptors (Lipinski definition) is 4. The van der Waals surface area contributed by atoms with Crippen LogP contribution in [0.1, 0.15) is 65.2 Å². The Morgan fingerprint density at radius 2 is 1.79 bits per heavy atom. The molecule has 4 heteroatoms. The Balaban J connectivity index is 1.74. The molecule has 24 heavy (non-hydrogen) atoms. The van der Waals surface area contributed by atoms with E-state index >= 15 is 0 Å². The lowest BCUT2D eigenvalue weighted by atomic mass is 9.41. The van der Waals surface area contributed by atoms with Crippen LogP contribution in [0.5, 0.6) is 0 Å². The number of hydrogen-bond donors (Lipinski definition) is 3. The standard InChI is InChI=1S/C20H32O4/c1-17(11-21)8-14(23)9-18(2)15(17)5-6-19-7-13(3-4-16(18)19)20(24,10-19)12-22/h13,15-16,21-22,24H,3-12H2,1-2H3. The normalized spacial score (nSPS) is 56.7. The molecule has 0 radical (unpaired) electrons. The largest absolute Gasteiger partial charge is 0.396 e. The monoisotopic (exact) mass is 336 g/mol. The summed E-state index contributed by atoms with van der Waals surface area (Å²) in [6.45, 7) is 4.32. The number of rotatable bonds is 2. The van der Waals surface area contributed by atoms with Gasteiger partial charge in [0, 0.05) is 24.9 Å². The van der Waals surface area contributed by atoms with Crippen LogP contribution < -0.4 is 0 Å². The summed E-state index contributed by atoms with van der Waals surface area (Å²) in [6.07, 6.45) is 6.93. The van der Waals surface area contributed by atoms with Crippen LogP contribution in [0.3, 0.4) is 0 Å². The Kier molecular flexibility index (Phi) is 3.57. The number of aliphatic hydroxyl groups excluding tert-OH is 2. The molecule has 4 rings (SSSR count). The predicted octanol–water partition coefficient (Wildman–Crippen LogP) is 2.29. The average molecular weight is 336 g/mol. The summed E-state index contributed by atoms with van der Waals surface area (Å²) in [5.41, 5.74) is -1.21. The molecule has 7 unspecified atom stereocenters. The van der Waals surface area contributed by atoms with Crippen LogP contribution in [-0.4, -0.2) is 39.9 Å². The highest BCUT2D eigenvalue weighted by Crippen LogP contribution is 2.72. The minimum absolute atomic E-state index is 0.0727. The van der Waals surface area contributed by atoms with Gasteiger partial charge in [-0.15, -0.1) is 0 Å². The lowest BCUT2D eigenvalue weighted by Crippen LogP contribution is -2.59. The molecule has 4 saturated carbocycles. The molecule has 4 fully saturated rings. The van der Waals surface area contributed by atoms with E-state index in [1.807, 2.05) is 0 Å². The maximum absolute atomic E-state index is 12.6. The van der Waals surface area contributed by atoms with Crippen molar-refractivity contribution in [1.82, 2.24) is 0 Å². The molecule has 136 valence electrons. The van der Waals surface area contributed by atoms with Crippen LogP contribution in [0.4, 0.5) is 0 Å². The molecular formula is C20H32O4. The van der Waals surface area contributed by atoms with Gasteiger partial charge in [0.1, 0.15) is 5.78 Å². The summed E-state index contributed by atoms with van der Waals surface area (Å²) in [4.78, 5) is 12.6. The van der Waals surface area contributed by atoms with Gasteiger partial charge in [0.2, 0.25) is 0 Å². The highest BCUT2D eigenvalue weighted by molar-refractivity contribution is 5.81. The molecule has 0 aromatic carbocycles. The summed E-state index contributed by atoms with van der Waals surface area (Å²) >= 11 is 0. The number of aliphatic hydroxyl groups is 3.